The molecular weight excluding hydrogens is 673 g/mol. The molecule has 0 spiro atoms. The molecule has 4 heterocycles. The van der Waals surface area contributed by atoms with Gasteiger partial charge < -0.3 is 25.0 Å². The number of halogens is 1. The van der Waals surface area contributed by atoms with Gasteiger partial charge in [0.15, 0.2) is 0 Å². The second-order valence-corrected chi connectivity index (χ2v) is 14.2. The maximum absolute atomic E-state index is 16.6. The third kappa shape index (κ3) is 7.75. The minimum atomic E-state index is -0.387. The van der Waals surface area contributed by atoms with Crippen molar-refractivity contribution in [3.8, 4) is 45.4 Å². The lowest BCUT2D eigenvalue weighted by atomic mass is 9.92. The van der Waals surface area contributed by atoms with Crippen LogP contribution >= 0.6 is 0 Å². The molecular formula is C41H48FN7O4. The molecule has 2 fully saturated rings. The first-order valence-corrected chi connectivity index (χ1v) is 18.6. The first-order valence-electron chi connectivity index (χ1n) is 18.6. The van der Waals surface area contributed by atoms with Crippen molar-refractivity contribution in [2.45, 2.75) is 71.0 Å². The molecule has 2 aliphatic heterocycles. The molecule has 0 radical (unpaired) electrons. The van der Waals surface area contributed by atoms with Gasteiger partial charge in [-0.2, -0.15) is 0 Å². The van der Waals surface area contributed by atoms with E-state index in [1.165, 1.54) is 5.56 Å². The van der Waals surface area contributed by atoms with Crippen molar-refractivity contribution in [3.05, 3.63) is 76.9 Å². The Morgan fingerprint density at radius 2 is 1.62 bits per heavy atom. The van der Waals surface area contributed by atoms with E-state index in [4.69, 9.17) is 24.4 Å². The number of rotatable bonds is 10. The van der Waals surface area contributed by atoms with E-state index >= 15 is 4.39 Å². The number of nitrogens with zero attached hydrogens (tertiary/aromatic N) is 5. The molecule has 0 bridgehead atoms. The highest BCUT2D eigenvalue weighted by atomic mass is 19.1. The number of carbonyl (C=O) groups is 2. The van der Waals surface area contributed by atoms with Crippen molar-refractivity contribution in [3.63, 3.8) is 0 Å². The molecule has 2 N–H and O–H groups in total. The summed E-state index contributed by atoms with van der Waals surface area (Å²) in [5.74, 6) is 0.802. The Balaban J connectivity index is 1.12. The fraction of sp³-hybridized carbons (Fsp3) is 0.439. The van der Waals surface area contributed by atoms with Gasteiger partial charge in [-0.3, -0.25) is 19.5 Å². The van der Waals surface area contributed by atoms with Gasteiger partial charge in [0.05, 0.1) is 31.8 Å². The zero-order valence-electron chi connectivity index (χ0n) is 31.0. The van der Waals surface area contributed by atoms with E-state index in [-0.39, 0.29) is 29.7 Å². The summed E-state index contributed by atoms with van der Waals surface area (Å²) in [5, 5.41) is 6.66. The van der Waals surface area contributed by atoms with Crippen molar-refractivity contribution in [2.24, 2.45) is 0 Å². The number of carbonyl (C=O) groups excluding carboxylic acids is 2. The van der Waals surface area contributed by atoms with Crippen molar-refractivity contribution in [1.29, 1.82) is 0 Å². The van der Waals surface area contributed by atoms with E-state index in [2.05, 4.69) is 21.6 Å². The predicted molar refractivity (Wildman–Crippen MR) is 201 cm³/mol. The van der Waals surface area contributed by atoms with Crippen molar-refractivity contribution in [1.82, 2.24) is 35.4 Å². The average Bonchev–Trinajstić information content (AvgIpc) is 3.77. The minimum Gasteiger partial charge on any atom is -0.481 e. The van der Waals surface area contributed by atoms with Crippen LogP contribution in [0.25, 0.3) is 33.6 Å². The van der Waals surface area contributed by atoms with Gasteiger partial charge in [0.1, 0.15) is 11.5 Å². The summed E-state index contributed by atoms with van der Waals surface area (Å²) in [6.45, 7) is 8.04. The van der Waals surface area contributed by atoms with Gasteiger partial charge in [0.25, 0.3) is 0 Å². The molecule has 0 unspecified atom stereocenters. The fourth-order valence-electron chi connectivity index (χ4n) is 8.04. The molecule has 11 nitrogen and oxygen atoms in total. The van der Waals surface area contributed by atoms with Crippen LogP contribution in [0.4, 0.5) is 4.39 Å². The van der Waals surface area contributed by atoms with Crippen LogP contribution in [0.15, 0.2) is 48.7 Å². The molecule has 2 amide bonds. The molecule has 53 heavy (non-hydrogen) atoms. The largest absolute Gasteiger partial charge is 0.481 e. The van der Waals surface area contributed by atoms with Crippen LogP contribution in [-0.4, -0.2) is 89.6 Å². The molecule has 7 rings (SSSR count). The van der Waals surface area contributed by atoms with E-state index in [0.29, 0.717) is 53.8 Å². The summed E-state index contributed by atoms with van der Waals surface area (Å²) in [4.78, 5) is 42.1. The maximum atomic E-state index is 16.6. The molecule has 2 saturated heterocycles. The minimum absolute atomic E-state index is 0.0954. The summed E-state index contributed by atoms with van der Waals surface area (Å²) in [6.07, 6.45) is 6.60. The second kappa shape index (κ2) is 16.0. The second-order valence-electron chi connectivity index (χ2n) is 14.2. The smallest absolute Gasteiger partial charge is 0.237 e. The molecule has 3 aliphatic rings. The van der Waals surface area contributed by atoms with Gasteiger partial charge >= 0.3 is 0 Å². The zero-order valence-corrected chi connectivity index (χ0v) is 31.0. The predicted octanol–water partition coefficient (Wildman–Crippen LogP) is 5.64. The number of amides is 2. The lowest BCUT2D eigenvalue weighted by Gasteiger charge is -2.29. The van der Waals surface area contributed by atoms with E-state index < -0.39 is 0 Å². The third-order valence-electron chi connectivity index (χ3n) is 10.9. The van der Waals surface area contributed by atoms with Gasteiger partial charge in [0.2, 0.25) is 23.6 Å². The molecule has 1 aliphatic carbocycles. The van der Waals surface area contributed by atoms with Gasteiger partial charge in [-0.15, -0.1) is 0 Å². The van der Waals surface area contributed by atoms with Gasteiger partial charge in [-0.1, -0.05) is 30.3 Å². The first-order chi connectivity index (χ1) is 25.7. The Kier molecular flexibility index (Phi) is 11.0. The maximum Gasteiger partial charge on any atom is 0.237 e. The summed E-state index contributed by atoms with van der Waals surface area (Å²) in [7, 11) is 3.21. The summed E-state index contributed by atoms with van der Waals surface area (Å²) in [5.41, 5.74) is 7.49. The molecule has 2 aromatic carbocycles. The lowest BCUT2D eigenvalue weighted by Crippen LogP contribution is -2.38. The van der Waals surface area contributed by atoms with Gasteiger partial charge in [0, 0.05) is 87.0 Å². The first kappa shape index (κ1) is 36.4. The Morgan fingerprint density at radius 1 is 0.925 bits per heavy atom. The number of pyridine rings is 1. The fourth-order valence-corrected chi connectivity index (χ4v) is 8.04. The van der Waals surface area contributed by atoms with Crippen LogP contribution in [0, 0.1) is 12.7 Å². The van der Waals surface area contributed by atoms with Crippen molar-refractivity contribution in [2.75, 3.05) is 46.9 Å². The van der Waals surface area contributed by atoms with Crippen LogP contribution in [0.5, 0.6) is 11.8 Å². The van der Waals surface area contributed by atoms with E-state index in [1.54, 1.807) is 39.5 Å². The molecule has 0 saturated carbocycles. The van der Waals surface area contributed by atoms with Gasteiger partial charge in [-0.25, -0.2) is 14.4 Å². The SMILES string of the molecule is COc1nc(-c2cccc(-c3cccc(-c4cc5c(c(OC)n4)[C@@H](NC[C@@H]4CCC(=O)N4)CC5)c3C)c2F)cnc1CN1CCCN(C(C)=O)CCC1. The summed E-state index contributed by atoms with van der Waals surface area (Å²) in [6, 6.07) is 13.6. The average molecular weight is 722 g/mol. The van der Waals surface area contributed by atoms with E-state index in [9.17, 15) is 9.59 Å². The summed E-state index contributed by atoms with van der Waals surface area (Å²) < 4.78 is 28.1. The monoisotopic (exact) mass is 721 g/mol. The standard InChI is InChI=1S/C41H48FN7O4/c1-25-29(9-5-10-30(25)34-21-27-13-15-33(38(27)41(46-34)53-4)43-22-28-14-16-37(51)45-28)31-11-6-12-32(39(31)42)35-23-44-36(40(47-35)52-3)24-48-17-7-19-49(26(2)50)20-8-18-48/h5-6,9-12,21,23,28,33,43H,7-8,13-20,22,24H2,1-4H3,(H,45,51)/t28-,33-/m0/s1. The summed E-state index contributed by atoms with van der Waals surface area (Å²) >= 11 is 0. The highest BCUT2D eigenvalue weighted by Gasteiger charge is 2.30. The van der Waals surface area contributed by atoms with E-state index in [0.717, 1.165) is 86.2 Å². The number of nitrogens with one attached hydrogen (secondary N) is 2. The Hall–Kier alpha value is -4.94. The van der Waals surface area contributed by atoms with Crippen LogP contribution in [0.2, 0.25) is 0 Å². The number of aromatic nitrogens is 3. The topological polar surface area (TPSA) is 122 Å². The van der Waals surface area contributed by atoms with Crippen LogP contribution in [0.3, 0.4) is 0 Å². The number of hydrogen-bond donors (Lipinski definition) is 2. The zero-order chi connectivity index (χ0) is 37.1. The van der Waals surface area contributed by atoms with Crippen LogP contribution < -0.4 is 20.1 Å². The highest BCUT2D eigenvalue weighted by Crippen LogP contribution is 2.41. The lowest BCUT2D eigenvalue weighted by molar-refractivity contribution is -0.129. The Morgan fingerprint density at radius 3 is 2.32 bits per heavy atom. The van der Waals surface area contributed by atoms with Crippen LogP contribution in [-0.2, 0) is 22.6 Å². The molecule has 278 valence electrons. The van der Waals surface area contributed by atoms with Crippen LogP contribution in [0.1, 0.15) is 67.5 Å². The number of fused-ring (bicyclic) bond motifs is 1. The van der Waals surface area contributed by atoms with Crippen molar-refractivity contribution < 1.29 is 23.5 Å². The Labute approximate surface area is 310 Å². The highest BCUT2D eigenvalue weighted by molar-refractivity contribution is 5.81. The number of ether oxygens (including phenoxy) is 2. The number of aryl methyl sites for hydroxylation is 1. The quantitative estimate of drug-likeness (QED) is 0.215. The number of benzene rings is 2. The molecule has 2 aromatic heterocycles. The molecule has 2 atom stereocenters. The third-order valence-corrected chi connectivity index (χ3v) is 10.9. The molecule has 4 aromatic rings. The van der Waals surface area contributed by atoms with Crippen molar-refractivity contribution >= 4 is 11.8 Å². The number of methoxy groups -OCH3 is 2. The molecule has 12 heteroatoms. The normalized spacial score (nSPS) is 19.0. The van der Waals surface area contributed by atoms with E-state index in [1.807, 2.05) is 36.1 Å². The van der Waals surface area contributed by atoms with Gasteiger partial charge in [-0.05, 0) is 67.9 Å². The number of hydrogen-bond acceptors (Lipinski definition) is 9. The Bertz CT molecular complexity index is 2000.